The van der Waals surface area contributed by atoms with Crippen LogP contribution in [-0.2, 0) is 9.53 Å². The van der Waals surface area contributed by atoms with Crippen molar-refractivity contribution in [2.24, 2.45) is 0 Å². The molecular weight excluding hydrogens is 298 g/mol. The highest BCUT2D eigenvalue weighted by molar-refractivity contribution is 5.69. The minimum atomic E-state index is -0.0348. The summed E-state index contributed by atoms with van der Waals surface area (Å²) in [6.45, 7) is 5.03. The van der Waals surface area contributed by atoms with Gasteiger partial charge in [0.2, 0.25) is 0 Å². The van der Waals surface area contributed by atoms with Crippen molar-refractivity contribution in [3.05, 3.63) is 0 Å². The lowest BCUT2D eigenvalue weighted by atomic mass is 10.0. The number of ether oxygens (including phenoxy) is 1. The van der Waals surface area contributed by atoms with E-state index in [0.29, 0.717) is 6.42 Å². The molecule has 0 aromatic rings. The number of nitrogens with zero attached hydrogens (tertiary/aromatic N) is 1. The van der Waals surface area contributed by atoms with Crippen molar-refractivity contribution in [1.29, 1.82) is 0 Å². The highest BCUT2D eigenvalue weighted by Gasteiger charge is 2.09. The van der Waals surface area contributed by atoms with Crippen LogP contribution in [-0.4, -0.2) is 37.6 Å². The van der Waals surface area contributed by atoms with Crippen molar-refractivity contribution in [3.8, 4) is 0 Å². The average Bonchev–Trinajstić information content (AvgIpc) is 2.51. The highest BCUT2D eigenvalue weighted by atomic mass is 16.5. The topological polar surface area (TPSA) is 29.5 Å². The minimum Gasteiger partial charge on any atom is -0.461 e. The number of hydrogen-bond acceptors (Lipinski definition) is 3. The second kappa shape index (κ2) is 17.3. The van der Waals surface area contributed by atoms with Crippen molar-refractivity contribution in [3.63, 3.8) is 0 Å². The fourth-order valence-electron chi connectivity index (χ4n) is 3.12. The van der Waals surface area contributed by atoms with E-state index in [1.807, 2.05) is 25.9 Å². The van der Waals surface area contributed by atoms with Crippen molar-refractivity contribution in [1.82, 2.24) is 4.90 Å². The molecule has 0 fully saturated rings. The standard InChI is InChI=1S/C21H43NO2/c1-5-6-7-8-9-10-11-12-13-14-15-16-17-18-21(23)24-20(2)19-22(3)4/h20H,5-19H2,1-4H3. The minimum absolute atomic E-state index is 0.00512. The van der Waals surface area contributed by atoms with Gasteiger partial charge in [0, 0.05) is 13.0 Å². The normalized spacial score (nSPS) is 12.5. The largest absolute Gasteiger partial charge is 0.461 e. The van der Waals surface area contributed by atoms with Gasteiger partial charge in [0.25, 0.3) is 0 Å². The van der Waals surface area contributed by atoms with Crippen LogP contribution < -0.4 is 0 Å². The molecule has 0 aliphatic heterocycles. The van der Waals surface area contributed by atoms with Crippen LogP contribution in [0.2, 0.25) is 0 Å². The SMILES string of the molecule is CCCCCCCCCCCCCCCC(=O)OC(C)CN(C)C. The first kappa shape index (κ1) is 23.4. The van der Waals surface area contributed by atoms with Gasteiger partial charge in [0.15, 0.2) is 0 Å². The molecule has 0 amide bonds. The van der Waals surface area contributed by atoms with Gasteiger partial charge >= 0.3 is 5.97 Å². The summed E-state index contributed by atoms with van der Waals surface area (Å²) in [5.74, 6) is -0.0348. The Hall–Kier alpha value is -0.570. The fraction of sp³-hybridized carbons (Fsp3) is 0.952. The molecule has 1 atom stereocenters. The Bertz CT molecular complexity index is 279. The maximum atomic E-state index is 11.7. The molecule has 144 valence electrons. The molecule has 0 aromatic carbocycles. The zero-order chi connectivity index (χ0) is 18.0. The van der Waals surface area contributed by atoms with E-state index in [1.54, 1.807) is 0 Å². The average molecular weight is 342 g/mol. The van der Waals surface area contributed by atoms with E-state index in [1.165, 1.54) is 70.6 Å². The summed E-state index contributed by atoms with van der Waals surface area (Å²) in [5.41, 5.74) is 0. The first-order valence-corrected chi connectivity index (χ1v) is 10.4. The smallest absolute Gasteiger partial charge is 0.306 e. The molecule has 0 aliphatic rings. The van der Waals surface area contributed by atoms with E-state index in [2.05, 4.69) is 6.92 Å². The molecule has 3 nitrogen and oxygen atoms in total. The summed E-state index contributed by atoms with van der Waals surface area (Å²) < 4.78 is 5.39. The predicted octanol–water partition coefficient (Wildman–Crippen LogP) is 5.96. The number of likely N-dealkylation sites (N-methyl/N-ethyl adjacent to an activating group) is 1. The Morgan fingerprint density at radius 3 is 1.62 bits per heavy atom. The lowest BCUT2D eigenvalue weighted by Crippen LogP contribution is -2.27. The van der Waals surface area contributed by atoms with E-state index in [9.17, 15) is 4.79 Å². The van der Waals surface area contributed by atoms with E-state index in [-0.39, 0.29) is 12.1 Å². The Balaban J connectivity index is 3.23. The number of unbranched alkanes of at least 4 members (excludes halogenated alkanes) is 12. The monoisotopic (exact) mass is 341 g/mol. The number of carbonyl (C=O) groups is 1. The number of rotatable bonds is 17. The van der Waals surface area contributed by atoms with Crippen LogP contribution in [0, 0.1) is 0 Å². The molecule has 0 aliphatic carbocycles. The maximum Gasteiger partial charge on any atom is 0.306 e. The summed E-state index contributed by atoms with van der Waals surface area (Å²) in [6, 6.07) is 0. The van der Waals surface area contributed by atoms with E-state index >= 15 is 0 Å². The van der Waals surface area contributed by atoms with Crippen molar-refractivity contribution in [2.75, 3.05) is 20.6 Å². The van der Waals surface area contributed by atoms with Crippen molar-refractivity contribution >= 4 is 5.97 Å². The highest BCUT2D eigenvalue weighted by Crippen LogP contribution is 2.13. The number of esters is 1. The molecule has 3 heteroatoms. The van der Waals surface area contributed by atoms with Crippen LogP contribution >= 0.6 is 0 Å². The summed E-state index contributed by atoms with van der Waals surface area (Å²) >= 11 is 0. The molecule has 0 bridgehead atoms. The Labute approximate surface area is 151 Å². The van der Waals surface area contributed by atoms with Crippen LogP contribution in [0.15, 0.2) is 0 Å². The molecule has 0 heterocycles. The van der Waals surface area contributed by atoms with Gasteiger partial charge in [-0.05, 0) is 27.4 Å². The summed E-state index contributed by atoms with van der Waals surface area (Å²) in [4.78, 5) is 13.7. The lowest BCUT2D eigenvalue weighted by Gasteiger charge is -2.17. The lowest BCUT2D eigenvalue weighted by molar-refractivity contribution is -0.148. The second-order valence-corrected chi connectivity index (χ2v) is 7.56. The molecule has 0 radical (unpaired) electrons. The molecule has 1 unspecified atom stereocenters. The van der Waals surface area contributed by atoms with Crippen molar-refractivity contribution < 1.29 is 9.53 Å². The molecule has 0 aromatic heterocycles. The molecule has 0 rings (SSSR count). The predicted molar refractivity (Wildman–Crippen MR) is 104 cm³/mol. The molecular formula is C21H43NO2. The molecule has 0 N–H and O–H groups in total. The number of carbonyl (C=O) groups excluding carboxylic acids is 1. The van der Waals surface area contributed by atoms with E-state index < -0.39 is 0 Å². The van der Waals surface area contributed by atoms with Crippen molar-refractivity contribution in [2.45, 2.75) is 110 Å². The molecule has 0 saturated carbocycles. The summed E-state index contributed by atoms with van der Waals surface area (Å²) in [6.07, 6.45) is 17.9. The quantitative estimate of drug-likeness (QED) is 0.241. The van der Waals surface area contributed by atoms with Gasteiger partial charge in [0.1, 0.15) is 6.10 Å². The molecule has 0 saturated heterocycles. The zero-order valence-electron chi connectivity index (χ0n) is 16.9. The Morgan fingerprint density at radius 2 is 1.21 bits per heavy atom. The molecule has 0 spiro atoms. The first-order chi connectivity index (χ1) is 11.6. The summed E-state index contributed by atoms with van der Waals surface area (Å²) in [5, 5.41) is 0. The van der Waals surface area contributed by atoms with Gasteiger partial charge in [-0.2, -0.15) is 0 Å². The third-order valence-corrected chi connectivity index (χ3v) is 4.44. The fourth-order valence-corrected chi connectivity index (χ4v) is 3.12. The third kappa shape index (κ3) is 17.8. The van der Waals surface area contributed by atoms with Gasteiger partial charge in [0.05, 0.1) is 0 Å². The summed E-state index contributed by atoms with van der Waals surface area (Å²) in [7, 11) is 3.99. The zero-order valence-corrected chi connectivity index (χ0v) is 16.9. The van der Waals surface area contributed by atoms with Gasteiger partial charge in [-0.3, -0.25) is 4.79 Å². The number of hydrogen-bond donors (Lipinski definition) is 0. The van der Waals surface area contributed by atoms with E-state index in [4.69, 9.17) is 4.74 Å². The molecule has 24 heavy (non-hydrogen) atoms. The van der Waals surface area contributed by atoms with Gasteiger partial charge in [-0.15, -0.1) is 0 Å². The second-order valence-electron chi connectivity index (χ2n) is 7.56. The Morgan fingerprint density at radius 1 is 0.792 bits per heavy atom. The van der Waals surface area contributed by atoms with E-state index in [0.717, 1.165) is 19.4 Å². The van der Waals surface area contributed by atoms with Gasteiger partial charge < -0.3 is 9.64 Å². The van der Waals surface area contributed by atoms with Crippen LogP contribution in [0.1, 0.15) is 104 Å². The Kier molecular flexibility index (Phi) is 16.8. The van der Waals surface area contributed by atoms with Gasteiger partial charge in [-0.25, -0.2) is 0 Å². The van der Waals surface area contributed by atoms with Gasteiger partial charge in [-0.1, -0.05) is 84.0 Å². The van der Waals surface area contributed by atoms with Crippen LogP contribution in [0.3, 0.4) is 0 Å². The maximum absolute atomic E-state index is 11.7. The third-order valence-electron chi connectivity index (χ3n) is 4.44. The van der Waals surface area contributed by atoms with Crippen LogP contribution in [0.5, 0.6) is 0 Å². The van der Waals surface area contributed by atoms with Crippen LogP contribution in [0.25, 0.3) is 0 Å². The first-order valence-electron chi connectivity index (χ1n) is 10.4. The van der Waals surface area contributed by atoms with Crippen LogP contribution in [0.4, 0.5) is 0 Å².